The van der Waals surface area contributed by atoms with Gasteiger partial charge in [0, 0.05) is 34.3 Å². The smallest absolute Gasteiger partial charge is 0.198 e. The Labute approximate surface area is 167 Å². The molecule has 3 nitrogen and oxygen atoms in total. The molecule has 0 radical (unpaired) electrons. The lowest BCUT2D eigenvalue weighted by Gasteiger charge is -2.49. The first-order valence-electron chi connectivity index (χ1n) is 9.26. The van der Waals surface area contributed by atoms with Crippen molar-refractivity contribution >= 4 is 33.2 Å². The van der Waals surface area contributed by atoms with Gasteiger partial charge in [-0.3, -0.25) is 0 Å². The Balaban J connectivity index is 1.60. The van der Waals surface area contributed by atoms with Crippen molar-refractivity contribution in [3.8, 4) is 5.75 Å². The monoisotopic (exact) mass is 430 g/mol. The van der Waals surface area contributed by atoms with Crippen molar-refractivity contribution in [1.82, 2.24) is 5.01 Å². The maximum absolute atomic E-state index is 6.59. The summed E-state index contributed by atoms with van der Waals surface area (Å²) >= 11 is 9.82. The molecule has 5 heteroatoms. The average Bonchev–Trinajstić information content (AvgIpc) is 3.11. The molecule has 0 saturated heterocycles. The van der Waals surface area contributed by atoms with Crippen LogP contribution in [0.4, 0.5) is 0 Å². The van der Waals surface area contributed by atoms with Crippen molar-refractivity contribution in [2.24, 2.45) is 5.10 Å². The highest BCUT2D eigenvalue weighted by molar-refractivity contribution is 9.10. The van der Waals surface area contributed by atoms with Crippen LogP contribution in [0.2, 0.25) is 5.02 Å². The number of halogens is 2. The van der Waals surface area contributed by atoms with Crippen LogP contribution >= 0.6 is 27.5 Å². The van der Waals surface area contributed by atoms with Crippen molar-refractivity contribution in [2.45, 2.75) is 50.3 Å². The third-order valence-electron chi connectivity index (χ3n) is 5.77. The summed E-state index contributed by atoms with van der Waals surface area (Å²) in [7, 11) is 0. The minimum atomic E-state index is -0.305. The zero-order valence-electron chi connectivity index (χ0n) is 14.4. The Hall–Kier alpha value is -1.52. The minimum Gasteiger partial charge on any atom is -0.466 e. The summed E-state index contributed by atoms with van der Waals surface area (Å²) in [5, 5.41) is 8.09. The quantitative estimate of drug-likeness (QED) is 0.529. The Morgan fingerprint density at radius 1 is 1.08 bits per heavy atom. The predicted octanol–water partition coefficient (Wildman–Crippen LogP) is 6.31. The highest BCUT2D eigenvalue weighted by Gasteiger charge is 2.50. The predicted molar refractivity (Wildman–Crippen MR) is 108 cm³/mol. The van der Waals surface area contributed by atoms with Crippen LogP contribution in [0.25, 0.3) is 0 Å². The Morgan fingerprint density at radius 2 is 1.85 bits per heavy atom. The van der Waals surface area contributed by atoms with E-state index >= 15 is 0 Å². The number of hydrogen-bond acceptors (Lipinski definition) is 3. The van der Waals surface area contributed by atoms with Crippen molar-refractivity contribution in [2.75, 3.05) is 0 Å². The summed E-state index contributed by atoms with van der Waals surface area (Å²) in [4.78, 5) is 0. The molecule has 3 aliphatic rings. The second kappa shape index (κ2) is 6.28. The number of nitrogens with zero attached hydrogens (tertiary/aromatic N) is 2. The molecule has 2 heterocycles. The molecule has 2 aliphatic heterocycles. The molecule has 2 aromatic carbocycles. The lowest BCUT2D eigenvalue weighted by Crippen LogP contribution is -2.54. The van der Waals surface area contributed by atoms with E-state index in [1.807, 2.05) is 18.2 Å². The van der Waals surface area contributed by atoms with Crippen LogP contribution in [-0.2, 0) is 0 Å². The molecule has 1 atom stereocenters. The van der Waals surface area contributed by atoms with Crippen LogP contribution in [-0.4, -0.2) is 16.4 Å². The van der Waals surface area contributed by atoms with Crippen LogP contribution in [0.3, 0.4) is 0 Å². The van der Waals surface area contributed by atoms with Gasteiger partial charge >= 0.3 is 0 Å². The van der Waals surface area contributed by atoms with Gasteiger partial charge in [-0.1, -0.05) is 46.1 Å². The van der Waals surface area contributed by atoms with Gasteiger partial charge in [0.15, 0.2) is 5.72 Å². The molecule has 26 heavy (non-hydrogen) atoms. The molecule has 0 N–H and O–H groups in total. The number of rotatable bonds is 1. The fraction of sp³-hybridized carbons (Fsp3) is 0.381. The first-order valence-corrected chi connectivity index (χ1v) is 10.4. The van der Waals surface area contributed by atoms with Crippen molar-refractivity contribution in [1.29, 1.82) is 0 Å². The molecule has 0 bridgehead atoms. The number of ether oxygens (including phenoxy) is 1. The van der Waals surface area contributed by atoms with Gasteiger partial charge in [0.05, 0.1) is 11.8 Å². The zero-order chi connectivity index (χ0) is 17.7. The van der Waals surface area contributed by atoms with Gasteiger partial charge in [-0.2, -0.15) is 5.10 Å². The molecule has 1 fully saturated rings. The second-order valence-corrected chi connectivity index (χ2v) is 8.76. The van der Waals surface area contributed by atoms with Gasteiger partial charge in [0.1, 0.15) is 5.75 Å². The van der Waals surface area contributed by atoms with Gasteiger partial charge in [0.25, 0.3) is 0 Å². The van der Waals surface area contributed by atoms with Crippen molar-refractivity contribution in [3.63, 3.8) is 0 Å². The standard InChI is InChI=1S/C21H20BrClN2O/c22-15-6-4-14(5-7-15)18-13-19-17-12-16(23)8-9-20(17)26-21(25(19)24-18)10-2-1-3-11-21/h4-9,12,19H,1-3,10-11,13H2/t19-/m0/s1. The van der Waals surface area contributed by atoms with Crippen LogP contribution in [0.15, 0.2) is 52.0 Å². The van der Waals surface area contributed by atoms with E-state index in [0.29, 0.717) is 0 Å². The lowest BCUT2D eigenvalue weighted by atomic mass is 9.86. The minimum absolute atomic E-state index is 0.203. The van der Waals surface area contributed by atoms with Gasteiger partial charge in [-0.05, 0) is 48.7 Å². The van der Waals surface area contributed by atoms with E-state index in [1.54, 1.807) is 0 Å². The SMILES string of the molecule is Clc1ccc2c(c1)[C@@H]1CC(c3ccc(Br)cc3)=NN1C1(CCCCC1)O2. The largest absolute Gasteiger partial charge is 0.466 e. The summed E-state index contributed by atoms with van der Waals surface area (Å²) in [6.07, 6.45) is 6.61. The summed E-state index contributed by atoms with van der Waals surface area (Å²) in [5.74, 6) is 0.977. The first-order chi connectivity index (χ1) is 12.6. The number of hydrazone groups is 1. The zero-order valence-corrected chi connectivity index (χ0v) is 16.8. The van der Waals surface area contributed by atoms with Gasteiger partial charge < -0.3 is 4.74 Å². The fourth-order valence-electron chi connectivity index (χ4n) is 4.50. The van der Waals surface area contributed by atoms with Crippen LogP contribution in [0.1, 0.15) is 55.7 Å². The fourth-order valence-corrected chi connectivity index (χ4v) is 4.95. The average molecular weight is 432 g/mol. The van der Waals surface area contributed by atoms with Crippen LogP contribution in [0, 0.1) is 0 Å². The third-order valence-corrected chi connectivity index (χ3v) is 6.53. The Morgan fingerprint density at radius 3 is 2.62 bits per heavy atom. The molecule has 0 amide bonds. The summed E-state index contributed by atoms with van der Waals surface area (Å²) in [5.41, 5.74) is 3.16. The van der Waals surface area contributed by atoms with E-state index < -0.39 is 0 Å². The van der Waals surface area contributed by atoms with E-state index in [-0.39, 0.29) is 11.8 Å². The topological polar surface area (TPSA) is 24.8 Å². The number of fused-ring (bicyclic) bond motifs is 4. The molecular weight excluding hydrogens is 412 g/mol. The van der Waals surface area contributed by atoms with Crippen LogP contribution < -0.4 is 4.74 Å². The Kier molecular flexibility index (Phi) is 4.02. The normalized spacial score (nSPS) is 23.2. The molecule has 1 spiro atoms. The number of hydrogen-bond donors (Lipinski definition) is 0. The maximum atomic E-state index is 6.59. The van der Waals surface area contributed by atoms with Crippen molar-refractivity contribution in [3.05, 3.63) is 63.1 Å². The molecule has 1 aliphatic carbocycles. The maximum Gasteiger partial charge on any atom is 0.198 e. The molecule has 0 unspecified atom stereocenters. The van der Waals surface area contributed by atoms with Crippen molar-refractivity contribution < 1.29 is 4.74 Å². The van der Waals surface area contributed by atoms with E-state index in [0.717, 1.165) is 45.8 Å². The molecular formula is C21H20BrClN2O. The van der Waals surface area contributed by atoms with Gasteiger partial charge in [0.2, 0.25) is 0 Å². The van der Waals surface area contributed by atoms with Crippen LogP contribution in [0.5, 0.6) is 5.75 Å². The molecule has 134 valence electrons. The lowest BCUT2D eigenvalue weighted by molar-refractivity contribution is -0.140. The van der Waals surface area contributed by atoms with E-state index in [1.165, 1.54) is 24.8 Å². The molecule has 1 saturated carbocycles. The van der Waals surface area contributed by atoms with E-state index in [4.69, 9.17) is 21.4 Å². The van der Waals surface area contributed by atoms with E-state index in [2.05, 4.69) is 45.2 Å². The third kappa shape index (κ3) is 2.66. The summed E-state index contributed by atoms with van der Waals surface area (Å²) < 4.78 is 7.67. The highest BCUT2D eigenvalue weighted by atomic mass is 79.9. The first kappa shape index (κ1) is 16.6. The van der Waals surface area contributed by atoms with Gasteiger partial charge in [-0.15, -0.1) is 0 Å². The number of benzene rings is 2. The molecule has 0 aromatic heterocycles. The second-order valence-electron chi connectivity index (χ2n) is 7.41. The summed E-state index contributed by atoms with van der Waals surface area (Å²) in [6.45, 7) is 0. The summed E-state index contributed by atoms with van der Waals surface area (Å²) in [6, 6.07) is 14.6. The molecule has 5 rings (SSSR count). The van der Waals surface area contributed by atoms with E-state index in [9.17, 15) is 0 Å². The molecule has 2 aromatic rings. The van der Waals surface area contributed by atoms with Gasteiger partial charge in [-0.25, -0.2) is 5.01 Å². The Bertz CT molecular complexity index is 874. The highest BCUT2D eigenvalue weighted by Crippen LogP contribution is 2.51.